The van der Waals surface area contributed by atoms with Gasteiger partial charge in [0.1, 0.15) is 11.2 Å². The van der Waals surface area contributed by atoms with Crippen LogP contribution in [0.25, 0.3) is 55.0 Å². The quantitative estimate of drug-likeness (QED) is 0.162. The molecular weight excluding hydrogens is 787 g/mol. The monoisotopic (exact) mass is 842 g/mol. The van der Waals surface area contributed by atoms with Gasteiger partial charge in [0.15, 0.2) is 0 Å². The average molecular weight is 843 g/mol. The molecule has 0 saturated carbocycles. The SMILES string of the molecule is CC(C)(C)c1ccc(N2c3cc4ccccc4c4c3B(c3ccc5oc6cc7c(cc6c5c32)C(C)(C)CCC7(C)C)N2c3ccccc3C(C)(C)c3cccc-4c32)c(-c2ccccc2)c1. The van der Waals surface area contributed by atoms with E-state index in [0.29, 0.717) is 0 Å². The average Bonchev–Trinajstić information content (AvgIpc) is 3.67. The maximum absolute atomic E-state index is 7.16. The van der Waals surface area contributed by atoms with Crippen molar-refractivity contribution in [3.63, 3.8) is 0 Å². The van der Waals surface area contributed by atoms with Gasteiger partial charge >= 0.3 is 6.85 Å². The minimum absolute atomic E-state index is 0.0364. The van der Waals surface area contributed by atoms with Crippen LogP contribution >= 0.6 is 0 Å². The van der Waals surface area contributed by atoms with Gasteiger partial charge in [-0.05, 0) is 132 Å². The zero-order chi connectivity index (χ0) is 44.5. The molecule has 4 aliphatic rings. The molecule has 3 nitrogen and oxygen atoms in total. The van der Waals surface area contributed by atoms with Crippen LogP contribution < -0.4 is 20.6 Å². The number of anilines is 5. The molecule has 13 rings (SSSR count). The minimum Gasteiger partial charge on any atom is -0.456 e. The number of rotatable bonds is 2. The van der Waals surface area contributed by atoms with Gasteiger partial charge < -0.3 is 14.1 Å². The Morgan fingerprint density at radius 2 is 1.25 bits per heavy atom. The van der Waals surface area contributed by atoms with E-state index in [2.05, 4.69) is 218 Å². The Balaban J connectivity index is 1.24. The fraction of sp³-hybridized carbons (Fsp3) is 0.246. The first-order valence-electron chi connectivity index (χ1n) is 23.8. The number of hydrogen-bond donors (Lipinski definition) is 0. The largest absolute Gasteiger partial charge is 0.456 e. The number of hydrogen-bond acceptors (Lipinski definition) is 3. The van der Waals surface area contributed by atoms with E-state index in [4.69, 9.17) is 4.42 Å². The van der Waals surface area contributed by atoms with Crippen LogP contribution in [0.3, 0.4) is 0 Å². The Morgan fingerprint density at radius 3 is 2.03 bits per heavy atom. The van der Waals surface area contributed by atoms with Crippen LogP contribution in [0, 0.1) is 0 Å². The van der Waals surface area contributed by atoms with Crippen LogP contribution in [0.1, 0.15) is 103 Å². The summed E-state index contributed by atoms with van der Waals surface area (Å²) in [4.78, 5) is 5.39. The number of nitrogens with zero attached hydrogens (tertiary/aromatic N) is 2. The fourth-order valence-corrected chi connectivity index (χ4v) is 12.6. The van der Waals surface area contributed by atoms with Crippen LogP contribution in [-0.4, -0.2) is 6.85 Å². The molecule has 0 bridgehead atoms. The van der Waals surface area contributed by atoms with Gasteiger partial charge in [0, 0.05) is 39.0 Å². The molecule has 0 fully saturated rings. The van der Waals surface area contributed by atoms with Gasteiger partial charge in [0.2, 0.25) is 0 Å². The zero-order valence-electron chi connectivity index (χ0n) is 39.2. The minimum atomic E-state index is -0.198. The molecular formula is C61H55BN2O. The Kier molecular flexibility index (Phi) is 7.69. The highest BCUT2D eigenvalue weighted by Crippen LogP contribution is 2.58. The second kappa shape index (κ2) is 12.8. The van der Waals surface area contributed by atoms with Crippen molar-refractivity contribution in [1.29, 1.82) is 0 Å². The molecule has 1 aromatic heterocycles. The number of fused-ring (bicyclic) bond motifs is 13. The predicted molar refractivity (Wildman–Crippen MR) is 276 cm³/mol. The van der Waals surface area contributed by atoms with Gasteiger partial charge in [-0.15, -0.1) is 0 Å². The molecule has 0 radical (unpaired) electrons. The van der Waals surface area contributed by atoms with Crippen LogP contribution in [-0.2, 0) is 21.7 Å². The maximum atomic E-state index is 7.16. The molecule has 4 heterocycles. The summed E-state index contributed by atoms with van der Waals surface area (Å²) in [6, 6.07) is 55.8. The van der Waals surface area contributed by atoms with E-state index >= 15 is 0 Å². The molecule has 1 aliphatic carbocycles. The van der Waals surface area contributed by atoms with Crippen molar-refractivity contribution >= 4 is 78.9 Å². The lowest BCUT2D eigenvalue weighted by molar-refractivity contribution is 0.332. The lowest BCUT2D eigenvalue weighted by Crippen LogP contribution is -2.63. The summed E-state index contributed by atoms with van der Waals surface area (Å²) in [7, 11) is 0. The predicted octanol–water partition coefficient (Wildman–Crippen LogP) is 15.4. The van der Waals surface area contributed by atoms with Gasteiger partial charge in [-0.1, -0.05) is 165 Å². The number of furan rings is 1. The Hall–Kier alpha value is -6.52. The third kappa shape index (κ3) is 5.20. The van der Waals surface area contributed by atoms with Crippen molar-refractivity contribution < 1.29 is 4.42 Å². The van der Waals surface area contributed by atoms with Crippen molar-refractivity contribution in [1.82, 2.24) is 0 Å². The molecule has 0 unspecified atom stereocenters. The summed E-state index contributed by atoms with van der Waals surface area (Å²) < 4.78 is 7.16. The molecule has 3 aliphatic heterocycles. The van der Waals surface area contributed by atoms with Crippen LogP contribution in [0.4, 0.5) is 28.4 Å². The van der Waals surface area contributed by atoms with E-state index in [0.717, 1.165) is 24.0 Å². The van der Waals surface area contributed by atoms with Gasteiger partial charge in [-0.25, -0.2) is 0 Å². The Labute approximate surface area is 383 Å². The summed E-state index contributed by atoms with van der Waals surface area (Å²) in [5, 5.41) is 4.91. The highest BCUT2D eigenvalue weighted by molar-refractivity contribution is 6.94. The van der Waals surface area contributed by atoms with Gasteiger partial charge in [0.05, 0.1) is 16.8 Å². The van der Waals surface area contributed by atoms with E-state index < -0.39 is 0 Å². The molecule has 9 aromatic rings. The van der Waals surface area contributed by atoms with E-state index in [1.54, 1.807) is 0 Å². The molecule has 0 saturated heterocycles. The first kappa shape index (κ1) is 38.9. The molecule has 318 valence electrons. The second-order valence-electron chi connectivity index (χ2n) is 22.3. The van der Waals surface area contributed by atoms with Crippen molar-refractivity contribution in [3.05, 3.63) is 173 Å². The normalized spacial score (nSPS) is 17.2. The Morgan fingerprint density at radius 1 is 0.538 bits per heavy atom. The molecule has 0 spiro atoms. The van der Waals surface area contributed by atoms with Crippen molar-refractivity contribution in [3.8, 4) is 22.3 Å². The molecule has 4 heteroatoms. The maximum Gasteiger partial charge on any atom is 0.333 e. The van der Waals surface area contributed by atoms with E-state index in [9.17, 15) is 0 Å². The van der Waals surface area contributed by atoms with Crippen LogP contribution in [0.5, 0.6) is 0 Å². The summed E-state index contributed by atoms with van der Waals surface area (Å²) >= 11 is 0. The topological polar surface area (TPSA) is 19.6 Å². The van der Waals surface area contributed by atoms with Crippen LogP contribution in [0.15, 0.2) is 150 Å². The molecule has 8 aromatic carbocycles. The fourth-order valence-electron chi connectivity index (χ4n) is 12.6. The molecule has 0 amide bonds. The summed E-state index contributed by atoms with van der Waals surface area (Å²) in [6.07, 6.45) is 2.30. The highest BCUT2D eigenvalue weighted by atomic mass is 16.3. The number of benzene rings is 8. The molecule has 0 atom stereocenters. The smallest absolute Gasteiger partial charge is 0.333 e. The number of para-hydroxylation sites is 2. The highest BCUT2D eigenvalue weighted by Gasteiger charge is 2.51. The van der Waals surface area contributed by atoms with Crippen molar-refractivity contribution in [2.75, 3.05) is 9.71 Å². The standard InChI is InChI=1S/C61H55BN2O/c1-58(2,3)38-26-28-48(41(33-38)36-18-11-10-12-19-36)63-50-32-37-20-13-14-21-39(37)53-40-22-17-24-44-56(40)64(49-25-16-15-23-43(49)61(44,8)9)62(55(50)53)47-27-29-51-54(57(47)63)42-34-45-46(35-52(42)65-51)60(6,7)31-30-59(45,4)5/h10-29,32-35H,30-31H2,1-9H3. The summed E-state index contributed by atoms with van der Waals surface area (Å²) in [5.41, 5.74) is 22.5. The third-order valence-electron chi connectivity index (χ3n) is 16.2. The van der Waals surface area contributed by atoms with Crippen molar-refractivity contribution in [2.45, 2.75) is 96.8 Å². The summed E-state index contributed by atoms with van der Waals surface area (Å²) in [6.45, 7) is 21.4. The molecule has 0 N–H and O–H groups in total. The van der Waals surface area contributed by atoms with E-state index in [-0.39, 0.29) is 28.5 Å². The van der Waals surface area contributed by atoms with Crippen LogP contribution in [0.2, 0.25) is 0 Å². The first-order valence-corrected chi connectivity index (χ1v) is 23.8. The van der Waals surface area contributed by atoms with Gasteiger partial charge in [-0.2, -0.15) is 0 Å². The van der Waals surface area contributed by atoms with E-state index in [1.165, 1.54) is 111 Å². The lowest BCUT2D eigenvalue weighted by atomic mass is 9.42. The molecule has 65 heavy (non-hydrogen) atoms. The van der Waals surface area contributed by atoms with Gasteiger partial charge in [-0.3, -0.25) is 0 Å². The van der Waals surface area contributed by atoms with E-state index in [1.807, 2.05) is 0 Å². The summed E-state index contributed by atoms with van der Waals surface area (Å²) in [5.74, 6) is 0. The van der Waals surface area contributed by atoms with Crippen molar-refractivity contribution in [2.24, 2.45) is 0 Å². The Bertz CT molecular complexity index is 3530. The zero-order valence-corrected chi connectivity index (χ0v) is 39.2. The lowest BCUT2D eigenvalue weighted by Gasteiger charge is -2.51. The second-order valence-corrected chi connectivity index (χ2v) is 22.3. The third-order valence-corrected chi connectivity index (χ3v) is 16.2. The van der Waals surface area contributed by atoms with Gasteiger partial charge in [0.25, 0.3) is 0 Å². The first-order chi connectivity index (χ1) is 31.1.